The minimum absolute atomic E-state index is 0.277. The van der Waals surface area contributed by atoms with Crippen LogP contribution in [-0.4, -0.2) is 49.7 Å². The summed E-state index contributed by atoms with van der Waals surface area (Å²) in [6.45, 7) is 4.36. The third kappa shape index (κ3) is 5.27. The number of imidazole rings is 1. The van der Waals surface area contributed by atoms with Gasteiger partial charge in [0.15, 0.2) is 11.3 Å². The number of hydrogen-bond acceptors (Lipinski definition) is 7. The van der Waals surface area contributed by atoms with E-state index >= 15 is 0 Å². The van der Waals surface area contributed by atoms with Gasteiger partial charge in [0.2, 0.25) is 5.95 Å². The van der Waals surface area contributed by atoms with E-state index in [2.05, 4.69) is 45.1 Å². The Labute approximate surface area is 197 Å². The number of anilines is 3. The number of carbonyl (C=O) groups is 1. The molecule has 2 aliphatic carbocycles. The maximum absolute atomic E-state index is 13.4. The second-order valence-corrected chi connectivity index (χ2v) is 9.58. The molecule has 0 bridgehead atoms. The van der Waals surface area contributed by atoms with Gasteiger partial charge in [0.25, 0.3) is 5.91 Å². The van der Waals surface area contributed by atoms with Crippen LogP contribution in [0.2, 0.25) is 0 Å². The molecule has 2 saturated carbocycles. The lowest BCUT2D eigenvalue weighted by atomic mass is 9.91. The molecule has 1 amide bonds. The molecular weight excluding hydrogens is 435 g/mol. The van der Waals surface area contributed by atoms with Gasteiger partial charge in [-0.2, -0.15) is 4.39 Å². The Morgan fingerprint density at radius 2 is 1.74 bits per heavy atom. The number of nitrogens with one attached hydrogen (secondary N) is 4. The van der Waals surface area contributed by atoms with Gasteiger partial charge in [-0.1, -0.05) is 13.8 Å². The Bertz CT molecular complexity index is 1170. The second kappa shape index (κ2) is 9.54. The Morgan fingerprint density at radius 3 is 2.44 bits per heavy atom. The van der Waals surface area contributed by atoms with Gasteiger partial charge in [0.05, 0.1) is 11.9 Å². The zero-order chi connectivity index (χ0) is 23.7. The fourth-order valence-corrected chi connectivity index (χ4v) is 4.51. The van der Waals surface area contributed by atoms with Gasteiger partial charge in [-0.05, 0) is 44.6 Å². The molecule has 0 aromatic carbocycles. The molecule has 0 radical (unpaired) electrons. The van der Waals surface area contributed by atoms with E-state index in [1.54, 1.807) is 4.52 Å². The van der Waals surface area contributed by atoms with Crippen molar-refractivity contribution in [2.24, 2.45) is 0 Å². The van der Waals surface area contributed by atoms with Crippen molar-refractivity contribution >= 4 is 28.7 Å². The molecule has 0 saturated heterocycles. The van der Waals surface area contributed by atoms with E-state index in [1.165, 1.54) is 24.5 Å². The number of rotatable bonds is 8. The average Bonchev–Trinajstić information content (AvgIpc) is 3.50. The SMILES string of the molecule is CC(C)N[C@H]1CC[C@H](Nc2cc(NC3CC3)c3ncc(C(=O)Nc4ccnc(F)c4)n3n2)CC1. The quantitative estimate of drug-likeness (QED) is 0.374. The van der Waals surface area contributed by atoms with Crippen molar-refractivity contribution in [1.82, 2.24) is 24.9 Å². The van der Waals surface area contributed by atoms with Crippen LogP contribution < -0.4 is 21.3 Å². The summed E-state index contributed by atoms with van der Waals surface area (Å²) in [7, 11) is 0. The summed E-state index contributed by atoms with van der Waals surface area (Å²) >= 11 is 0. The predicted octanol–water partition coefficient (Wildman–Crippen LogP) is 3.81. The molecule has 2 aliphatic rings. The summed E-state index contributed by atoms with van der Waals surface area (Å²) in [5, 5.41) is 18.1. The van der Waals surface area contributed by atoms with Crippen molar-refractivity contribution in [2.45, 2.75) is 76.5 Å². The molecule has 5 rings (SSSR count). The Balaban J connectivity index is 1.37. The van der Waals surface area contributed by atoms with Crippen LogP contribution in [-0.2, 0) is 0 Å². The summed E-state index contributed by atoms with van der Waals surface area (Å²) in [6, 6.07) is 6.49. The van der Waals surface area contributed by atoms with Crippen molar-refractivity contribution in [2.75, 3.05) is 16.0 Å². The van der Waals surface area contributed by atoms with E-state index < -0.39 is 11.9 Å². The minimum Gasteiger partial charge on any atom is -0.379 e. The third-order valence-electron chi connectivity index (χ3n) is 6.27. The number of carbonyl (C=O) groups excluding carboxylic acids is 1. The van der Waals surface area contributed by atoms with E-state index in [0.29, 0.717) is 41.3 Å². The summed E-state index contributed by atoms with van der Waals surface area (Å²) in [5.41, 5.74) is 2.04. The number of aromatic nitrogens is 4. The first kappa shape index (κ1) is 22.5. The van der Waals surface area contributed by atoms with E-state index in [1.807, 2.05) is 6.07 Å². The lowest BCUT2D eigenvalue weighted by molar-refractivity contribution is 0.102. The topological polar surface area (TPSA) is 108 Å². The van der Waals surface area contributed by atoms with Gasteiger partial charge in [0, 0.05) is 48.2 Å². The molecule has 0 unspecified atom stereocenters. The smallest absolute Gasteiger partial charge is 0.276 e. The maximum atomic E-state index is 13.4. The van der Waals surface area contributed by atoms with E-state index in [-0.39, 0.29) is 5.69 Å². The van der Waals surface area contributed by atoms with Crippen LogP contribution in [0, 0.1) is 5.95 Å². The highest BCUT2D eigenvalue weighted by Crippen LogP contribution is 2.30. The van der Waals surface area contributed by atoms with Crippen LogP contribution >= 0.6 is 0 Å². The van der Waals surface area contributed by atoms with E-state index in [9.17, 15) is 9.18 Å². The van der Waals surface area contributed by atoms with Gasteiger partial charge >= 0.3 is 0 Å². The molecule has 3 heterocycles. The highest BCUT2D eigenvalue weighted by molar-refractivity contribution is 6.03. The molecule has 3 aromatic rings. The first-order valence-electron chi connectivity index (χ1n) is 12.1. The molecule has 3 aromatic heterocycles. The third-order valence-corrected chi connectivity index (χ3v) is 6.27. The van der Waals surface area contributed by atoms with Gasteiger partial charge in [-0.15, -0.1) is 5.10 Å². The largest absolute Gasteiger partial charge is 0.379 e. The molecule has 34 heavy (non-hydrogen) atoms. The van der Waals surface area contributed by atoms with Gasteiger partial charge in [-0.3, -0.25) is 4.79 Å². The van der Waals surface area contributed by atoms with Gasteiger partial charge in [0.1, 0.15) is 5.82 Å². The van der Waals surface area contributed by atoms with Crippen LogP contribution in [0.5, 0.6) is 0 Å². The van der Waals surface area contributed by atoms with Crippen LogP contribution in [0.15, 0.2) is 30.6 Å². The summed E-state index contributed by atoms with van der Waals surface area (Å²) in [6.07, 6.45) is 9.39. The van der Waals surface area contributed by atoms with Crippen molar-refractivity contribution in [3.05, 3.63) is 42.2 Å². The standard InChI is InChI=1S/C24H31FN8O/c1-14(2)28-15-3-7-17(8-4-15)30-22-12-19(29-16-5-6-16)23-27-13-20(33(23)32-22)24(34)31-18-9-10-26-21(25)11-18/h9-17,28-29H,3-8H2,1-2H3,(H,30,32)(H,26,31,34)/t15-,17-. The summed E-state index contributed by atoms with van der Waals surface area (Å²) in [5.74, 6) is -0.367. The van der Waals surface area contributed by atoms with Crippen molar-refractivity contribution in [1.29, 1.82) is 0 Å². The van der Waals surface area contributed by atoms with Crippen LogP contribution in [0.25, 0.3) is 5.65 Å². The fraction of sp³-hybridized carbons (Fsp3) is 0.500. The van der Waals surface area contributed by atoms with Crippen LogP contribution in [0.1, 0.15) is 62.9 Å². The van der Waals surface area contributed by atoms with Crippen LogP contribution in [0.4, 0.5) is 21.6 Å². The number of pyridine rings is 1. The molecule has 9 nitrogen and oxygen atoms in total. The Hall–Kier alpha value is -3.27. The lowest BCUT2D eigenvalue weighted by Crippen LogP contribution is -2.40. The molecule has 10 heteroatoms. The van der Waals surface area contributed by atoms with Crippen LogP contribution in [0.3, 0.4) is 0 Å². The Kier molecular flexibility index (Phi) is 6.32. The number of fused-ring (bicyclic) bond motifs is 1. The van der Waals surface area contributed by atoms with Crippen molar-refractivity contribution < 1.29 is 9.18 Å². The molecule has 0 spiro atoms. The van der Waals surface area contributed by atoms with E-state index in [0.717, 1.165) is 44.2 Å². The zero-order valence-corrected chi connectivity index (χ0v) is 19.5. The minimum atomic E-state index is -0.658. The average molecular weight is 467 g/mol. The second-order valence-electron chi connectivity index (χ2n) is 9.58. The first-order valence-corrected chi connectivity index (χ1v) is 12.1. The highest BCUT2D eigenvalue weighted by Gasteiger charge is 2.26. The normalized spacial score (nSPS) is 20.5. The van der Waals surface area contributed by atoms with E-state index in [4.69, 9.17) is 5.10 Å². The number of halogens is 1. The number of amides is 1. The Morgan fingerprint density at radius 1 is 1.03 bits per heavy atom. The summed E-state index contributed by atoms with van der Waals surface area (Å²) < 4.78 is 15.0. The molecule has 0 aliphatic heterocycles. The molecule has 0 atom stereocenters. The van der Waals surface area contributed by atoms with Gasteiger partial charge < -0.3 is 21.3 Å². The number of nitrogens with zero attached hydrogens (tertiary/aromatic N) is 4. The summed E-state index contributed by atoms with van der Waals surface area (Å²) in [4.78, 5) is 21.0. The highest BCUT2D eigenvalue weighted by atomic mass is 19.1. The predicted molar refractivity (Wildman–Crippen MR) is 130 cm³/mol. The number of hydrogen-bond donors (Lipinski definition) is 4. The van der Waals surface area contributed by atoms with Crippen molar-refractivity contribution in [3.8, 4) is 0 Å². The fourth-order valence-electron chi connectivity index (χ4n) is 4.51. The molecule has 180 valence electrons. The zero-order valence-electron chi connectivity index (χ0n) is 19.5. The molecular formula is C24H31FN8O. The molecule has 4 N–H and O–H groups in total. The monoisotopic (exact) mass is 466 g/mol. The molecule has 2 fully saturated rings. The van der Waals surface area contributed by atoms with Crippen molar-refractivity contribution in [3.63, 3.8) is 0 Å². The lowest BCUT2D eigenvalue weighted by Gasteiger charge is -2.31. The maximum Gasteiger partial charge on any atom is 0.276 e. The van der Waals surface area contributed by atoms with Gasteiger partial charge in [-0.25, -0.2) is 14.5 Å². The first-order chi connectivity index (χ1) is 16.4.